The Balaban J connectivity index is 0.00000280. The van der Waals surface area contributed by atoms with Crippen molar-refractivity contribution >= 4 is 41.5 Å². The van der Waals surface area contributed by atoms with Crippen molar-refractivity contribution in [1.82, 2.24) is 10.6 Å². The Labute approximate surface area is 190 Å². The lowest BCUT2D eigenvalue weighted by Gasteiger charge is -2.20. The Morgan fingerprint density at radius 2 is 2.00 bits per heavy atom. The molecule has 6 heteroatoms. The summed E-state index contributed by atoms with van der Waals surface area (Å²) in [4.78, 5) is 4.84. The number of nitrogens with zero attached hydrogens (tertiary/aromatic N) is 1. The molecule has 152 valence electrons. The van der Waals surface area contributed by atoms with E-state index in [1.54, 1.807) is 0 Å². The normalized spacial score (nSPS) is 20.3. The van der Waals surface area contributed by atoms with E-state index in [4.69, 9.17) is 21.3 Å². The minimum absolute atomic E-state index is 0. The highest BCUT2D eigenvalue weighted by Crippen LogP contribution is 2.34. The van der Waals surface area contributed by atoms with Crippen molar-refractivity contribution < 1.29 is 4.74 Å². The second-order valence-electron chi connectivity index (χ2n) is 6.89. The molecule has 0 spiro atoms. The van der Waals surface area contributed by atoms with Crippen molar-refractivity contribution in [2.24, 2.45) is 10.9 Å². The van der Waals surface area contributed by atoms with E-state index in [2.05, 4.69) is 54.8 Å². The summed E-state index contributed by atoms with van der Waals surface area (Å²) in [7, 11) is 0. The molecule has 1 fully saturated rings. The van der Waals surface area contributed by atoms with Gasteiger partial charge in [-0.15, -0.1) is 24.0 Å². The quantitative estimate of drug-likeness (QED) is 0.311. The monoisotopic (exact) mass is 513 g/mol. The average Bonchev–Trinajstić information content (AvgIpc) is 3.15. The molecular formula is C22H29ClIN3O. The summed E-state index contributed by atoms with van der Waals surface area (Å²) >= 11 is 6.12. The first kappa shape index (κ1) is 23.0. The maximum atomic E-state index is 6.12. The number of halogens is 2. The maximum absolute atomic E-state index is 6.12. The molecule has 1 aliphatic rings. The lowest BCUT2D eigenvalue weighted by molar-refractivity contribution is 0.0925. The fraction of sp³-hybridized carbons (Fsp3) is 0.409. The highest BCUT2D eigenvalue weighted by molar-refractivity contribution is 14.0. The van der Waals surface area contributed by atoms with Crippen LogP contribution in [0.15, 0.2) is 59.6 Å². The number of nitrogens with one attached hydrogen (secondary N) is 2. The van der Waals surface area contributed by atoms with Crippen LogP contribution >= 0.6 is 35.6 Å². The van der Waals surface area contributed by atoms with Crippen LogP contribution in [-0.2, 0) is 4.74 Å². The van der Waals surface area contributed by atoms with Crippen molar-refractivity contribution in [2.45, 2.75) is 32.4 Å². The predicted octanol–water partition coefficient (Wildman–Crippen LogP) is 5.35. The first-order chi connectivity index (χ1) is 13.2. The number of ether oxygens (including phenoxy) is 1. The molecule has 3 atom stereocenters. The van der Waals surface area contributed by atoms with E-state index in [0.29, 0.717) is 5.92 Å². The molecule has 0 saturated carbocycles. The number of hydrogen-bond acceptors (Lipinski definition) is 2. The number of guanidine groups is 1. The molecule has 0 bridgehead atoms. The van der Waals surface area contributed by atoms with E-state index in [1.807, 2.05) is 24.3 Å². The lowest BCUT2D eigenvalue weighted by atomic mass is 9.95. The summed E-state index contributed by atoms with van der Waals surface area (Å²) < 4.78 is 5.98. The molecule has 1 saturated heterocycles. The van der Waals surface area contributed by atoms with E-state index in [0.717, 1.165) is 42.7 Å². The Bertz CT molecular complexity index is 756. The van der Waals surface area contributed by atoms with Crippen LogP contribution in [-0.4, -0.2) is 25.7 Å². The van der Waals surface area contributed by atoms with Gasteiger partial charge in [-0.3, -0.25) is 4.99 Å². The number of aliphatic imine (C=N–C) groups is 1. The summed E-state index contributed by atoms with van der Waals surface area (Å²) in [6.45, 7) is 6.54. The molecule has 3 unspecified atom stereocenters. The second kappa shape index (κ2) is 11.6. The molecule has 0 amide bonds. The topological polar surface area (TPSA) is 45.7 Å². The fourth-order valence-electron chi connectivity index (χ4n) is 3.42. The summed E-state index contributed by atoms with van der Waals surface area (Å²) in [5, 5.41) is 7.57. The van der Waals surface area contributed by atoms with Gasteiger partial charge in [0.1, 0.15) is 0 Å². The van der Waals surface area contributed by atoms with Gasteiger partial charge >= 0.3 is 0 Å². The van der Waals surface area contributed by atoms with E-state index in [1.165, 1.54) is 5.56 Å². The molecule has 0 radical (unpaired) electrons. The van der Waals surface area contributed by atoms with Gasteiger partial charge in [-0.05, 0) is 43.5 Å². The Kier molecular flexibility index (Phi) is 9.55. The fourth-order valence-corrected chi connectivity index (χ4v) is 3.62. The molecule has 4 nitrogen and oxygen atoms in total. The van der Waals surface area contributed by atoms with Crippen molar-refractivity contribution in [1.29, 1.82) is 0 Å². The van der Waals surface area contributed by atoms with Crippen LogP contribution in [0, 0.1) is 5.92 Å². The van der Waals surface area contributed by atoms with E-state index in [9.17, 15) is 0 Å². The second-order valence-corrected chi connectivity index (χ2v) is 7.33. The third-order valence-electron chi connectivity index (χ3n) is 4.87. The highest BCUT2D eigenvalue weighted by Gasteiger charge is 2.29. The Hall–Kier alpha value is -1.31. The minimum atomic E-state index is 0. The lowest BCUT2D eigenvalue weighted by Crippen LogP contribution is -2.39. The molecule has 1 aliphatic heterocycles. The van der Waals surface area contributed by atoms with Gasteiger partial charge in [0, 0.05) is 30.6 Å². The summed E-state index contributed by atoms with van der Waals surface area (Å²) in [6.07, 6.45) is 1.16. The zero-order valence-electron chi connectivity index (χ0n) is 16.4. The van der Waals surface area contributed by atoms with Crippen molar-refractivity contribution in [2.75, 3.05) is 19.7 Å². The van der Waals surface area contributed by atoms with Gasteiger partial charge in [-0.2, -0.15) is 0 Å². The molecule has 28 heavy (non-hydrogen) atoms. The first-order valence-electron chi connectivity index (χ1n) is 9.64. The molecule has 2 N–H and O–H groups in total. The smallest absolute Gasteiger partial charge is 0.191 e. The zero-order valence-corrected chi connectivity index (χ0v) is 19.5. The molecule has 0 aliphatic carbocycles. The minimum Gasteiger partial charge on any atom is -0.373 e. The Morgan fingerprint density at radius 3 is 2.71 bits per heavy atom. The molecule has 1 heterocycles. The van der Waals surface area contributed by atoms with Crippen LogP contribution in [0.3, 0.4) is 0 Å². The standard InChI is InChI=1S/C22H28ClN3O.HI/c1-3-24-22(26-16(2)18-10-7-11-20(23)14-18)25-15-19-12-13-27-21(19)17-8-5-4-6-9-17;/h4-11,14,16,19,21H,3,12-13,15H2,1-2H3,(H2,24,25,26);1H. The van der Waals surface area contributed by atoms with Crippen LogP contribution in [0.2, 0.25) is 5.02 Å². The Morgan fingerprint density at radius 1 is 1.21 bits per heavy atom. The van der Waals surface area contributed by atoms with Crippen LogP contribution in [0.1, 0.15) is 43.5 Å². The molecule has 2 aromatic rings. The average molecular weight is 514 g/mol. The van der Waals surface area contributed by atoms with Crippen LogP contribution < -0.4 is 10.6 Å². The molecule has 0 aromatic heterocycles. The third kappa shape index (κ3) is 6.36. The van der Waals surface area contributed by atoms with Gasteiger partial charge in [0.15, 0.2) is 5.96 Å². The van der Waals surface area contributed by atoms with Gasteiger partial charge in [0.05, 0.1) is 12.1 Å². The van der Waals surface area contributed by atoms with Crippen LogP contribution in [0.25, 0.3) is 0 Å². The van der Waals surface area contributed by atoms with Crippen LogP contribution in [0.5, 0.6) is 0 Å². The SMILES string of the molecule is CCNC(=NCC1CCOC1c1ccccc1)NC(C)c1cccc(Cl)c1.I. The summed E-state index contributed by atoms with van der Waals surface area (Å²) in [5.41, 5.74) is 2.37. The molecule has 3 rings (SSSR count). The van der Waals surface area contributed by atoms with Gasteiger partial charge in [-0.1, -0.05) is 54.1 Å². The van der Waals surface area contributed by atoms with Gasteiger partial charge < -0.3 is 15.4 Å². The van der Waals surface area contributed by atoms with Crippen molar-refractivity contribution in [3.63, 3.8) is 0 Å². The van der Waals surface area contributed by atoms with E-state index in [-0.39, 0.29) is 36.1 Å². The van der Waals surface area contributed by atoms with E-state index >= 15 is 0 Å². The summed E-state index contributed by atoms with van der Waals surface area (Å²) in [6, 6.07) is 18.5. The van der Waals surface area contributed by atoms with Crippen molar-refractivity contribution in [3.05, 3.63) is 70.7 Å². The number of hydrogen-bond donors (Lipinski definition) is 2. The number of rotatable bonds is 6. The zero-order chi connectivity index (χ0) is 19.1. The molecular weight excluding hydrogens is 485 g/mol. The van der Waals surface area contributed by atoms with Crippen LogP contribution in [0.4, 0.5) is 0 Å². The largest absolute Gasteiger partial charge is 0.373 e. The van der Waals surface area contributed by atoms with E-state index < -0.39 is 0 Å². The van der Waals surface area contributed by atoms with Crippen molar-refractivity contribution in [3.8, 4) is 0 Å². The first-order valence-corrected chi connectivity index (χ1v) is 10.0. The number of benzene rings is 2. The predicted molar refractivity (Wildman–Crippen MR) is 128 cm³/mol. The van der Waals surface area contributed by atoms with Gasteiger partial charge in [0.25, 0.3) is 0 Å². The summed E-state index contributed by atoms with van der Waals surface area (Å²) in [5.74, 6) is 1.22. The maximum Gasteiger partial charge on any atom is 0.191 e. The molecule has 2 aromatic carbocycles. The van der Waals surface area contributed by atoms with Gasteiger partial charge in [-0.25, -0.2) is 0 Å². The third-order valence-corrected chi connectivity index (χ3v) is 5.11. The van der Waals surface area contributed by atoms with Gasteiger partial charge in [0.2, 0.25) is 0 Å². The highest BCUT2D eigenvalue weighted by atomic mass is 127.